The minimum absolute atomic E-state index is 0.276. The molecule has 37 heavy (non-hydrogen) atoms. The van der Waals surface area contributed by atoms with Crippen molar-refractivity contribution in [1.29, 1.82) is 0 Å². The summed E-state index contributed by atoms with van der Waals surface area (Å²) in [5.74, 6) is 1.19. The summed E-state index contributed by atoms with van der Waals surface area (Å²) in [7, 11) is 1.67. The van der Waals surface area contributed by atoms with Crippen LogP contribution in [0.15, 0.2) is 79.0 Å². The summed E-state index contributed by atoms with van der Waals surface area (Å²) in [5, 5.41) is 4.25. The number of methoxy groups -OCH3 is 1. The van der Waals surface area contributed by atoms with Gasteiger partial charge in [0.25, 0.3) is 5.91 Å². The van der Waals surface area contributed by atoms with Gasteiger partial charge in [-0.25, -0.2) is 4.98 Å². The first-order chi connectivity index (χ1) is 17.8. The van der Waals surface area contributed by atoms with Crippen molar-refractivity contribution in [2.45, 2.75) is 6.18 Å². The van der Waals surface area contributed by atoms with Crippen LogP contribution in [0.5, 0.6) is 5.75 Å². The van der Waals surface area contributed by atoms with E-state index in [-0.39, 0.29) is 5.69 Å². The first-order valence-corrected chi connectivity index (χ1v) is 11.8. The molecule has 0 bridgehead atoms. The molecule has 190 valence electrons. The number of amides is 1. The molecule has 0 unspecified atom stereocenters. The maximum atomic E-state index is 13.1. The van der Waals surface area contributed by atoms with Crippen LogP contribution >= 0.6 is 0 Å². The van der Waals surface area contributed by atoms with Crippen LogP contribution in [0.2, 0.25) is 0 Å². The highest BCUT2D eigenvalue weighted by atomic mass is 19.4. The zero-order valence-corrected chi connectivity index (χ0v) is 20.1. The van der Waals surface area contributed by atoms with Crippen LogP contribution in [-0.4, -0.2) is 44.2 Å². The molecule has 4 aromatic rings. The second-order valence-corrected chi connectivity index (χ2v) is 8.72. The number of carbonyl (C=O) groups is 1. The Hall–Kier alpha value is -4.27. The number of halogens is 3. The number of hydrogen-bond donors (Lipinski definition) is 1. The summed E-state index contributed by atoms with van der Waals surface area (Å²) in [4.78, 5) is 22.2. The molecule has 1 aliphatic rings. The number of hydrogen-bond acceptors (Lipinski definition) is 5. The molecule has 0 spiro atoms. The van der Waals surface area contributed by atoms with E-state index in [0.29, 0.717) is 5.56 Å². The highest BCUT2D eigenvalue weighted by Crippen LogP contribution is 2.33. The minimum atomic E-state index is -4.43. The second kappa shape index (κ2) is 10.0. The average Bonchev–Trinajstić information content (AvgIpc) is 2.92. The Balaban J connectivity index is 1.35. The Kier molecular flexibility index (Phi) is 6.60. The fourth-order valence-corrected chi connectivity index (χ4v) is 4.60. The fraction of sp³-hybridized carbons (Fsp3) is 0.214. The Bertz CT molecular complexity index is 1420. The van der Waals surface area contributed by atoms with Crippen molar-refractivity contribution in [3.8, 4) is 5.75 Å². The third-order valence-corrected chi connectivity index (χ3v) is 6.49. The predicted octanol–water partition coefficient (Wildman–Crippen LogP) is 5.84. The Morgan fingerprint density at radius 2 is 1.49 bits per heavy atom. The van der Waals surface area contributed by atoms with Crippen LogP contribution in [0, 0.1) is 0 Å². The van der Waals surface area contributed by atoms with E-state index in [4.69, 9.17) is 4.74 Å². The molecule has 2 heterocycles. The summed E-state index contributed by atoms with van der Waals surface area (Å²) in [6.45, 7) is 3.05. The molecule has 0 aliphatic carbocycles. The van der Waals surface area contributed by atoms with Crippen molar-refractivity contribution in [1.82, 2.24) is 4.98 Å². The number of para-hydroxylation sites is 2. The Morgan fingerprint density at radius 3 is 2.16 bits per heavy atom. The second-order valence-electron chi connectivity index (χ2n) is 8.72. The number of rotatable bonds is 5. The maximum absolute atomic E-state index is 13.1. The average molecular weight is 507 g/mol. The number of pyridine rings is 1. The highest BCUT2D eigenvalue weighted by molar-refractivity contribution is 6.14. The van der Waals surface area contributed by atoms with Gasteiger partial charge in [-0.2, -0.15) is 13.2 Å². The number of piperazine rings is 1. The fourth-order valence-electron chi connectivity index (χ4n) is 4.60. The number of nitrogens with one attached hydrogen (secondary N) is 1. The molecule has 1 saturated heterocycles. The molecule has 1 aromatic heterocycles. The molecule has 1 amide bonds. The van der Waals surface area contributed by atoms with E-state index >= 15 is 0 Å². The monoisotopic (exact) mass is 506 g/mol. The third kappa shape index (κ3) is 5.02. The molecular formula is C28H25F3N4O2. The Morgan fingerprint density at radius 1 is 0.865 bits per heavy atom. The molecule has 5 rings (SSSR count). The third-order valence-electron chi connectivity index (χ3n) is 6.49. The predicted molar refractivity (Wildman–Crippen MR) is 139 cm³/mol. The summed E-state index contributed by atoms with van der Waals surface area (Å²) >= 11 is 0. The quantitative estimate of drug-likeness (QED) is 0.369. The Labute approximate surface area is 212 Å². The van der Waals surface area contributed by atoms with Gasteiger partial charge in [-0.1, -0.05) is 36.4 Å². The summed E-state index contributed by atoms with van der Waals surface area (Å²) < 4.78 is 44.1. The largest absolute Gasteiger partial charge is 0.495 e. The lowest BCUT2D eigenvalue weighted by Crippen LogP contribution is -2.47. The number of benzene rings is 3. The van der Waals surface area contributed by atoms with Gasteiger partial charge in [0.05, 0.1) is 23.9 Å². The van der Waals surface area contributed by atoms with Gasteiger partial charge < -0.3 is 19.9 Å². The molecule has 1 aliphatic heterocycles. The van der Waals surface area contributed by atoms with E-state index in [1.165, 1.54) is 18.3 Å². The topological polar surface area (TPSA) is 57.7 Å². The number of carbonyl (C=O) groups excluding carboxylic acids is 1. The number of ether oxygens (including phenoxy) is 1. The summed E-state index contributed by atoms with van der Waals surface area (Å²) in [6, 6.07) is 19.8. The van der Waals surface area contributed by atoms with Crippen molar-refractivity contribution < 1.29 is 22.7 Å². The zero-order valence-electron chi connectivity index (χ0n) is 20.1. The first kappa shape index (κ1) is 24.4. The lowest BCUT2D eigenvalue weighted by Gasteiger charge is -2.37. The van der Waals surface area contributed by atoms with E-state index in [1.807, 2.05) is 48.5 Å². The SMILES string of the molecule is COc1ccccc1N1CCN(c2ncc(C(=O)Nc3ccc(C(F)(F)F)cc3)c3ccccc23)CC1. The molecule has 0 saturated carbocycles. The number of fused-ring (bicyclic) bond motifs is 1. The molecule has 3 aromatic carbocycles. The van der Waals surface area contributed by atoms with E-state index in [9.17, 15) is 18.0 Å². The van der Waals surface area contributed by atoms with Gasteiger partial charge in [0.15, 0.2) is 0 Å². The number of aromatic nitrogens is 1. The normalized spacial score (nSPS) is 14.1. The molecule has 1 N–H and O–H groups in total. The van der Waals surface area contributed by atoms with Crippen molar-refractivity contribution in [3.05, 3.63) is 90.1 Å². The van der Waals surface area contributed by atoms with Crippen molar-refractivity contribution in [2.75, 3.05) is 48.4 Å². The van der Waals surface area contributed by atoms with E-state index < -0.39 is 17.6 Å². The smallest absolute Gasteiger partial charge is 0.416 e. The van der Waals surface area contributed by atoms with Crippen LogP contribution in [0.25, 0.3) is 10.8 Å². The van der Waals surface area contributed by atoms with Crippen molar-refractivity contribution in [3.63, 3.8) is 0 Å². The zero-order chi connectivity index (χ0) is 26.0. The standard InChI is InChI=1S/C28H25F3N4O2/c1-37-25-9-5-4-8-24(25)34-14-16-35(17-15-34)26-22-7-3-2-6-21(22)23(18-32-26)27(36)33-20-12-10-19(11-13-20)28(29,30)31/h2-13,18H,14-17H2,1H3,(H,33,36). The van der Waals surface area contributed by atoms with Crippen LogP contribution in [-0.2, 0) is 6.18 Å². The van der Waals surface area contributed by atoms with Crippen LogP contribution in [0.1, 0.15) is 15.9 Å². The number of anilines is 3. The van der Waals surface area contributed by atoms with Crippen LogP contribution in [0.4, 0.5) is 30.4 Å². The summed E-state index contributed by atoms with van der Waals surface area (Å²) in [6.07, 6.45) is -2.90. The summed E-state index contributed by atoms with van der Waals surface area (Å²) in [5.41, 5.74) is 0.913. The van der Waals surface area contributed by atoms with Crippen LogP contribution < -0.4 is 19.9 Å². The molecule has 0 radical (unpaired) electrons. The molecule has 9 heteroatoms. The van der Waals surface area contributed by atoms with Crippen molar-refractivity contribution in [2.24, 2.45) is 0 Å². The van der Waals surface area contributed by atoms with E-state index in [2.05, 4.69) is 20.1 Å². The molecular weight excluding hydrogens is 481 g/mol. The van der Waals surface area contributed by atoms with Gasteiger partial charge in [0.1, 0.15) is 11.6 Å². The van der Waals surface area contributed by atoms with E-state index in [0.717, 1.165) is 66.3 Å². The number of alkyl halides is 3. The van der Waals surface area contributed by atoms with Gasteiger partial charge in [-0.05, 0) is 41.8 Å². The molecule has 0 atom stereocenters. The van der Waals surface area contributed by atoms with Gasteiger partial charge in [0, 0.05) is 43.4 Å². The van der Waals surface area contributed by atoms with Gasteiger partial charge >= 0.3 is 6.18 Å². The first-order valence-electron chi connectivity index (χ1n) is 11.8. The lowest BCUT2D eigenvalue weighted by atomic mass is 10.1. The van der Waals surface area contributed by atoms with Crippen LogP contribution in [0.3, 0.4) is 0 Å². The lowest BCUT2D eigenvalue weighted by molar-refractivity contribution is -0.137. The number of nitrogens with zero attached hydrogens (tertiary/aromatic N) is 3. The molecule has 1 fully saturated rings. The molecule has 6 nitrogen and oxygen atoms in total. The minimum Gasteiger partial charge on any atom is -0.495 e. The van der Waals surface area contributed by atoms with Gasteiger partial charge in [-0.15, -0.1) is 0 Å². The van der Waals surface area contributed by atoms with Gasteiger partial charge in [0.2, 0.25) is 0 Å². The maximum Gasteiger partial charge on any atom is 0.416 e. The van der Waals surface area contributed by atoms with Crippen molar-refractivity contribution >= 4 is 33.9 Å². The highest BCUT2D eigenvalue weighted by Gasteiger charge is 2.30. The van der Waals surface area contributed by atoms with E-state index in [1.54, 1.807) is 7.11 Å². The van der Waals surface area contributed by atoms with Gasteiger partial charge in [-0.3, -0.25) is 4.79 Å².